The monoisotopic (exact) mass is 277 g/mol. The number of carbonyl (C=O) groups is 2. The van der Waals surface area contributed by atoms with Crippen molar-refractivity contribution >= 4 is 23.4 Å². The van der Waals surface area contributed by atoms with Crippen LogP contribution in [0.15, 0.2) is 24.3 Å². The van der Waals surface area contributed by atoms with Gasteiger partial charge in [0.1, 0.15) is 0 Å². The van der Waals surface area contributed by atoms with Crippen molar-refractivity contribution in [3.63, 3.8) is 0 Å². The van der Waals surface area contributed by atoms with Crippen molar-refractivity contribution in [2.24, 2.45) is 11.8 Å². The summed E-state index contributed by atoms with van der Waals surface area (Å²) in [5, 5.41) is 8.58. The van der Waals surface area contributed by atoms with E-state index in [4.69, 9.17) is 0 Å². The SMILES string of the molecule is COC(=O)Nc1cccc(NC(=O)C(C)C2CNC2)c1. The Kier molecular flexibility index (Phi) is 4.57. The molecule has 20 heavy (non-hydrogen) atoms. The normalized spacial score (nSPS) is 15.9. The molecule has 0 aromatic heterocycles. The zero-order valence-electron chi connectivity index (χ0n) is 11.6. The second-order valence-corrected chi connectivity index (χ2v) is 4.89. The maximum Gasteiger partial charge on any atom is 0.411 e. The molecular formula is C14H19N3O3. The molecule has 6 nitrogen and oxygen atoms in total. The molecule has 1 heterocycles. The van der Waals surface area contributed by atoms with Crippen LogP contribution >= 0.6 is 0 Å². The van der Waals surface area contributed by atoms with Crippen LogP contribution in [0.25, 0.3) is 0 Å². The number of methoxy groups -OCH3 is 1. The molecule has 1 aromatic carbocycles. The highest BCUT2D eigenvalue weighted by molar-refractivity contribution is 5.94. The van der Waals surface area contributed by atoms with Crippen LogP contribution in [0, 0.1) is 11.8 Å². The molecule has 0 saturated carbocycles. The van der Waals surface area contributed by atoms with Gasteiger partial charge in [-0.15, -0.1) is 0 Å². The fourth-order valence-electron chi connectivity index (χ4n) is 1.98. The number of nitrogens with one attached hydrogen (secondary N) is 3. The first-order valence-electron chi connectivity index (χ1n) is 6.56. The molecule has 1 unspecified atom stereocenters. The zero-order chi connectivity index (χ0) is 14.5. The summed E-state index contributed by atoms with van der Waals surface area (Å²) in [6, 6.07) is 6.97. The molecule has 1 aliphatic rings. The summed E-state index contributed by atoms with van der Waals surface area (Å²) in [7, 11) is 1.30. The average Bonchev–Trinajstić information content (AvgIpc) is 2.36. The van der Waals surface area contributed by atoms with Crippen molar-refractivity contribution in [1.82, 2.24) is 5.32 Å². The summed E-state index contributed by atoms with van der Waals surface area (Å²) >= 11 is 0. The van der Waals surface area contributed by atoms with Crippen molar-refractivity contribution in [1.29, 1.82) is 0 Å². The fraction of sp³-hybridized carbons (Fsp3) is 0.429. The van der Waals surface area contributed by atoms with Crippen molar-refractivity contribution in [2.75, 3.05) is 30.8 Å². The number of carbonyl (C=O) groups excluding carboxylic acids is 2. The standard InChI is InChI=1S/C14H19N3O3/c1-9(10-7-15-8-10)13(18)16-11-4-3-5-12(6-11)17-14(19)20-2/h3-6,9-10,15H,7-8H2,1-2H3,(H,16,18)(H,17,19). The van der Waals surface area contributed by atoms with Gasteiger partial charge in [0.25, 0.3) is 0 Å². The van der Waals surface area contributed by atoms with Crippen LogP contribution in [0.5, 0.6) is 0 Å². The maximum atomic E-state index is 12.1. The number of ether oxygens (including phenoxy) is 1. The summed E-state index contributed by atoms with van der Waals surface area (Å²) in [5.74, 6) is 0.353. The Balaban J connectivity index is 1.96. The van der Waals surface area contributed by atoms with Gasteiger partial charge in [0.2, 0.25) is 5.91 Å². The van der Waals surface area contributed by atoms with Crippen LogP contribution in [0.3, 0.4) is 0 Å². The topological polar surface area (TPSA) is 79.5 Å². The minimum atomic E-state index is -0.539. The van der Waals surface area contributed by atoms with Gasteiger partial charge in [-0.2, -0.15) is 0 Å². The summed E-state index contributed by atoms with van der Waals surface area (Å²) in [4.78, 5) is 23.2. The van der Waals surface area contributed by atoms with E-state index in [0.29, 0.717) is 17.3 Å². The Bertz CT molecular complexity index is 500. The van der Waals surface area contributed by atoms with Gasteiger partial charge in [-0.25, -0.2) is 4.79 Å². The number of hydrogen-bond donors (Lipinski definition) is 3. The zero-order valence-corrected chi connectivity index (χ0v) is 11.6. The number of hydrogen-bond acceptors (Lipinski definition) is 4. The van der Waals surface area contributed by atoms with E-state index in [-0.39, 0.29) is 11.8 Å². The van der Waals surface area contributed by atoms with Crippen LogP contribution in [0.1, 0.15) is 6.92 Å². The Hall–Kier alpha value is -2.08. The molecule has 1 saturated heterocycles. The van der Waals surface area contributed by atoms with Crippen LogP contribution in [-0.2, 0) is 9.53 Å². The summed E-state index contributed by atoms with van der Waals surface area (Å²) in [5.41, 5.74) is 1.23. The number of rotatable bonds is 4. The molecule has 1 aromatic rings. The number of anilines is 2. The summed E-state index contributed by atoms with van der Waals surface area (Å²) < 4.78 is 4.52. The maximum absolute atomic E-state index is 12.1. The third-order valence-corrected chi connectivity index (χ3v) is 3.50. The molecule has 2 amide bonds. The lowest BCUT2D eigenvalue weighted by Crippen LogP contribution is -2.48. The van der Waals surface area contributed by atoms with Gasteiger partial charge < -0.3 is 15.4 Å². The minimum absolute atomic E-state index is 0.00767. The van der Waals surface area contributed by atoms with Crippen LogP contribution < -0.4 is 16.0 Å². The van der Waals surface area contributed by atoms with E-state index < -0.39 is 6.09 Å². The van der Waals surface area contributed by atoms with E-state index in [1.165, 1.54) is 7.11 Å². The molecule has 1 fully saturated rings. The Morgan fingerprint density at radius 1 is 1.30 bits per heavy atom. The first kappa shape index (κ1) is 14.3. The Morgan fingerprint density at radius 2 is 1.95 bits per heavy atom. The molecule has 1 atom stereocenters. The smallest absolute Gasteiger partial charge is 0.411 e. The molecule has 0 radical (unpaired) electrons. The third kappa shape index (κ3) is 3.48. The van der Waals surface area contributed by atoms with Crippen molar-refractivity contribution in [3.8, 4) is 0 Å². The van der Waals surface area contributed by atoms with Gasteiger partial charge in [0, 0.05) is 17.3 Å². The highest BCUT2D eigenvalue weighted by atomic mass is 16.5. The summed E-state index contributed by atoms with van der Waals surface area (Å²) in [6.07, 6.45) is -0.539. The Labute approximate surface area is 117 Å². The molecule has 2 rings (SSSR count). The van der Waals surface area contributed by atoms with E-state index >= 15 is 0 Å². The molecule has 0 aliphatic carbocycles. The quantitative estimate of drug-likeness (QED) is 0.782. The van der Waals surface area contributed by atoms with Gasteiger partial charge in [-0.1, -0.05) is 13.0 Å². The van der Waals surface area contributed by atoms with E-state index in [0.717, 1.165) is 13.1 Å². The second kappa shape index (κ2) is 6.38. The van der Waals surface area contributed by atoms with Crippen LogP contribution in [-0.4, -0.2) is 32.2 Å². The predicted molar refractivity (Wildman–Crippen MR) is 76.6 cm³/mol. The molecular weight excluding hydrogens is 258 g/mol. The largest absolute Gasteiger partial charge is 0.453 e. The van der Waals surface area contributed by atoms with Crippen molar-refractivity contribution < 1.29 is 14.3 Å². The Morgan fingerprint density at radius 3 is 2.50 bits per heavy atom. The molecule has 3 N–H and O–H groups in total. The van der Waals surface area contributed by atoms with Gasteiger partial charge in [0.05, 0.1) is 7.11 Å². The van der Waals surface area contributed by atoms with E-state index in [1.54, 1.807) is 24.3 Å². The fourth-order valence-corrected chi connectivity index (χ4v) is 1.98. The lowest BCUT2D eigenvalue weighted by molar-refractivity contribution is -0.121. The van der Waals surface area contributed by atoms with E-state index in [2.05, 4.69) is 20.7 Å². The minimum Gasteiger partial charge on any atom is -0.453 e. The van der Waals surface area contributed by atoms with Crippen LogP contribution in [0.4, 0.5) is 16.2 Å². The predicted octanol–water partition coefficient (Wildman–Crippen LogP) is 1.66. The van der Waals surface area contributed by atoms with Crippen molar-refractivity contribution in [2.45, 2.75) is 6.92 Å². The van der Waals surface area contributed by atoms with E-state index in [1.807, 2.05) is 6.92 Å². The molecule has 0 spiro atoms. The second-order valence-electron chi connectivity index (χ2n) is 4.89. The molecule has 6 heteroatoms. The number of amides is 2. The first-order chi connectivity index (χ1) is 9.60. The lowest BCUT2D eigenvalue weighted by Gasteiger charge is -2.31. The third-order valence-electron chi connectivity index (χ3n) is 3.50. The molecule has 0 bridgehead atoms. The van der Waals surface area contributed by atoms with E-state index in [9.17, 15) is 9.59 Å². The average molecular weight is 277 g/mol. The highest BCUT2D eigenvalue weighted by Crippen LogP contribution is 2.20. The van der Waals surface area contributed by atoms with Gasteiger partial charge in [0.15, 0.2) is 0 Å². The van der Waals surface area contributed by atoms with Crippen LogP contribution in [0.2, 0.25) is 0 Å². The molecule has 108 valence electrons. The number of benzene rings is 1. The van der Waals surface area contributed by atoms with Gasteiger partial charge in [-0.3, -0.25) is 10.1 Å². The lowest BCUT2D eigenvalue weighted by atomic mass is 9.88. The highest BCUT2D eigenvalue weighted by Gasteiger charge is 2.28. The molecule has 1 aliphatic heterocycles. The first-order valence-corrected chi connectivity index (χ1v) is 6.56. The van der Waals surface area contributed by atoms with Gasteiger partial charge >= 0.3 is 6.09 Å². The van der Waals surface area contributed by atoms with Gasteiger partial charge in [-0.05, 0) is 37.2 Å². The summed E-state index contributed by atoms with van der Waals surface area (Å²) in [6.45, 7) is 3.70. The van der Waals surface area contributed by atoms with Crippen molar-refractivity contribution in [3.05, 3.63) is 24.3 Å².